The van der Waals surface area contributed by atoms with Gasteiger partial charge in [-0.05, 0) is 51.0 Å². The van der Waals surface area contributed by atoms with Crippen LogP contribution in [-0.4, -0.2) is 40.0 Å². The van der Waals surface area contributed by atoms with Gasteiger partial charge in [-0.25, -0.2) is 4.79 Å². The minimum atomic E-state index is -0.947. The molecular formula is C21H34N2O3. The first-order valence-corrected chi connectivity index (χ1v) is 9.73. The monoisotopic (exact) mass is 362 g/mol. The summed E-state index contributed by atoms with van der Waals surface area (Å²) in [4.78, 5) is 17.6. The van der Waals surface area contributed by atoms with Gasteiger partial charge in [-0.1, -0.05) is 51.1 Å². The summed E-state index contributed by atoms with van der Waals surface area (Å²) in [5, 5.41) is 14.2. The highest BCUT2D eigenvalue weighted by molar-refractivity contribution is 5.65. The van der Waals surface area contributed by atoms with Gasteiger partial charge in [0.15, 0.2) is 0 Å². The molecule has 1 amide bonds. The second kappa shape index (κ2) is 8.40. The fourth-order valence-corrected chi connectivity index (χ4v) is 4.26. The first-order chi connectivity index (χ1) is 12.3. The summed E-state index contributed by atoms with van der Waals surface area (Å²) in [6.07, 6.45) is 2.46. The van der Waals surface area contributed by atoms with Crippen molar-refractivity contribution in [3.63, 3.8) is 0 Å². The molecule has 0 aliphatic carbocycles. The number of hydrogen-bond donors (Lipinski definition) is 2. The van der Waals surface area contributed by atoms with Crippen molar-refractivity contribution < 1.29 is 14.7 Å². The van der Waals surface area contributed by atoms with Crippen LogP contribution >= 0.6 is 0 Å². The second-order valence-corrected chi connectivity index (χ2v) is 7.97. The fraction of sp³-hybridized carbons (Fsp3) is 0.667. The minimum Gasteiger partial charge on any atom is -0.465 e. The quantitative estimate of drug-likeness (QED) is 0.751. The lowest BCUT2D eigenvalue weighted by molar-refractivity contribution is -0.306. The molecule has 0 spiro atoms. The van der Waals surface area contributed by atoms with Crippen molar-refractivity contribution in [2.75, 3.05) is 6.61 Å². The van der Waals surface area contributed by atoms with Crippen LogP contribution in [0.3, 0.4) is 0 Å². The number of carboxylic acid groups (broad SMARTS) is 1. The molecule has 26 heavy (non-hydrogen) atoms. The van der Waals surface area contributed by atoms with Gasteiger partial charge in [-0.2, -0.15) is 5.06 Å². The highest BCUT2D eigenvalue weighted by atomic mass is 16.7. The average Bonchev–Trinajstić information content (AvgIpc) is 2.63. The molecule has 2 rings (SSSR count). The molecule has 4 unspecified atom stereocenters. The third-order valence-corrected chi connectivity index (χ3v) is 6.44. The molecule has 1 saturated heterocycles. The summed E-state index contributed by atoms with van der Waals surface area (Å²) >= 11 is 0. The number of amides is 1. The van der Waals surface area contributed by atoms with Crippen molar-refractivity contribution in [1.29, 1.82) is 0 Å². The Morgan fingerprint density at radius 3 is 2.46 bits per heavy atom. The average molecular weight is 363 g/mol. The van der Waals surface area contributed by atoms with Crippen molar-refractivity contribution in [2.45, 2.75) is 77.4 Å². The number of rotatable bonds is 7. The van der Waals surface area contributed by atoms with E-state index in [1.165, 1.54) is 5.56 Å². The Morgan fingerprint density at radius 1 is 1.27 bits per heavy atom. The number of hydrogen-bond acceptors (Lipinski definition) is 3. The maximum absolute atomic E-state index is 11.3. The Bertz CT molecular complexity index is 594. The standard InChI is InChI=1S/C21H34N2O3/c1-6-20(4)15-18(22-19(24)25)16(3)21(5,7-2)23(20)26-14-13-17-11-9-8-10-12-17/h8-12,16,18,22H,6-7,13-15H2,1-5H3,(H,24,25). The number of hydroxylamine groups is 2. The van der Waals surface area contributed by atoms with Gasteiger partial charge in [0.1, 0.15) is 0 Å². The zero-order valence-corrected chi connectivity index (χ0v) is 16.8. The number of carbonyl (C=O) groups is 1. The molecule has 1 aromatic rings. The second-order valence-electron chi connectivity index (χ2n) is 7.97. The number of piperidine rings is 1. The maximum atomic E-state index is 11.3. The molecule has 1 aromatic carbocycles. The largest absolute Gasteiger partial charge is 0.465 e. The Labute approximate surface area is 157 Å². The van der Waals surface area contributed by atoms with Gasteiger partial charge in [0.05, 0.1) is 6.61 Å². The molecule has 5 nitrogen and oxygen atoms in total. The van der Waals surface area contributed by atoms with Crippen LogP contribution in [0.2, 0.25) is 0 Å². The molecule has 0 radical (unpaired) electrons. The van der Waals surface area contributed by atoms with Gasteiger partial charge in [-0.3, -0.25) is 4.84 Å². The van der Waals surface area contributed by atoms with Gasteiger partial charge >= 0.3 is 6.09 Å². The van der Waals surface area contributed by atoms with E-state index < -0.39 is 6.09 Å². The van der Waals surface area contributed by atoms with Crippen LogP contribution in [0.4, 0.5) is 4.79 Å². The van der Waals surface area contributed by atoms with E-state index in [1.54, 1.807) is 0 Å². The van der Waals surface area contributed by atoms with Gasteiger partial charge in [0.25, 0.3) is 0 Å². The highest BCUT2D eigenvalue weighted by Crippen LogP contribution is 2.45. The van der Waals surface area contributed by atoms with Crippen LogP contribution in [0.15, 0.2) is 30.3 Å². The smallest absolute Gasteiger partial charge is 0.404 e. The number of nitrogens with zero attached hydrogens (tertiary/aromatic N) is 1. The third kappa shape index (κ3) is 4.21. The van der Waals surface area contributed by atoms with Gasteiger partial charge < -0.3 is 10.4 Å². The van der Waals surface area contributed by atoms with Crippen molar-refractivity contribution >= 4 is 6.09 Å². The van der Waals surface area contributed by atoms with E-state index in [4.69, 9.17) is 4.84 Å². The van der Waals surface area contributed by atoms with Crippen LogP contribution in [0.5, 0.6) is 0 Å². The SMILES string of the molecule is CCC1(C)CC(NC(=O)O)C(C)C(C)(CC)N1OCCc1ccccc1. The molecule has 146 valence electrons. The molecule has 1 fully saturated rings. The predicted molar refractivity (Wildman–Crippen MR) is 104 cm³/mol. The molecule has 0 aromatic heterocycles. The van der Waals surface area contributed by atoms with E-state index in [-0.39, 0.29) is 23.0 Å². The first kappa shape index (κ1) is 20.7. The molecule has 0 bridgehead atoms. The number of nitrogens with one attached hydrogen (secondary N) is 1. The molecule has 5 heteroatoms. The normalized spacial score (nSPS) is 32.3. The molecule has 1 aliphatic heterocycles. The van der Waals surface area contributed by atoms with Crippen LogP contribution in [0.25, 0.3) is 0 Å². The van der Waals surface area contributed by atoms with Crippen molar-refractivity contribution in [2.24, 2.45) is 5.92 Å². The van der Waals surface area contributed by atoms with E-state index in [9.17, 15) is 9.90 Å². The van der Waals surface area contributed by atoms with E-state index in [0.717, 1.165) is 25.7 Å². The molecular weight excluding hydrogens is 328 g/mol. The third-order valence-electron chi connectivity index (χ3n) is 6.44. The van der Waals surface area contributed by atoms with Crippen molar-refractivity contribution in [1.82, 2.24) is 10.4 Å². The predicted octanol–water partition coefficient (Wildman–Crippen LogP) is 4.48. The zero-order chi connectivity index (χ0) is 19.4. The Hall–Kier alpha value is -1.59. The van der Waals surface area contributed by atoms with Crippen molar-refractivity contribution in [3.8, 4) is 0 Å². The first-order valence-electron chi connectivity index (χ1n) is 9.73. The van der Waals surface area contributed by atoms with Crippen LogP contribution in [-0.2, 0) is 11.3 Å². The van der Waals surface area contributed by atoms with Gasteiger partial charge in [-0.15, -0.1) is 0 Å². The van der Waals surface area contributed by atoms with Gasteiger partial charge in [0, 0.05) is 17.1 Å². The summed E-state index contributed by atoms with van der Waals surface area (Å²) in [5.74, 6) is 0.153. The lowest BCUT2D eigenvalue weighted by Crippen LogP contribution is -2.69. The Morgan fingerprint density at radius 2 is 1.92 bits per heavy atom. The van der Waals surface area contributed by atoms with E-state index in [1.807, 2.05) is 18.2 Å². The lowest BCUT2D eigenvalue weighted by atomic mass is 9.68. The Kier molecular flexibility index (Phi) is 6.69. The zero-order valence-electron chi connectivity index (χ0n) is 16.8. The Balaban J connectivity index is 2.19. The van der Waals surface area contributed by atoms with Crippen molar-refractivity contribution in [3.05, 3.63) is 35.9 Å². The summed E-state index contributed by atoms with van der Waals surface area (Å²) < 4.78 is 0. The van der Waals surface area contributed by atoms with E-state index in [2.05, 4.69) is 57.1 Å². The minimum absolute atomic E-state index is 0.0728. The number of benzene rings is 1. The van der Waals surface area contributed by atoms with E-state index >= 15 is 0 Å². The topological polar surface area (TPSA) is 61.8 Å². The van der Waals surface area contributed by atoms with E-state index in [0.29, 0.717) is 6.61 Å². The van der Waals surface area contributed by atoms with Gasteiger partial charge in [0.2, 0.25) is 0 Å². The fourth-order valence-electron chi connectivity index (χ4n) is 4.26. The molecule has 2 N–H and O–H groups in total. The summed E-state index contributed by atoms with van der Waals surface area (Å²) in [6.45, 7) is 11.4. The van der Waals surface area contributed by atoms with Crippen LogP contribution in [0, 0.1) is 5.92 Å². The maximum Gasteiger partial charge on any atom is 0.404 e. The van der Waals surface area contributed by atoms with Crippen LogP contribution in [0.1, 0.15) is 59.4 Å². The summed E-state index contributed by atoms with van der Waals surface area (Å²) in [7, 11) is 0. The highest BCUT2D eigenvalue weighted by Gasteiger charge is 2.54. The molecule has 1 heterocycles. The summed E-state index contributed by atoms with van der Waals surface area (Å²) in [5.41, 5.74) is 0.827. The summed E-state index contributed by atoms with van der Waals surface area (Å²) in [6, 6.07) is 10.3. The molecule has 0 saturated carbocycles. The lowest BCUT2D eigenvalue weighted by Gasteiger charge is -2.59. The molecule has 4 atom stereocenters. The molecule has 1 aliphatic rings. The van der Waals surface area contributed by atoms with Crippen LogP contribution < -0.4 is 5.32 Å².